The van der Waals surface area contributed by atoms with Gasteiger partial charge in [0, 0.05) is 17.3 Å². The van der Waals surface area contributed by atoms with Gasteiger partial charge in [-0.05, 0) is 31.5 Å². The first-order chi connectivity index (χ1) is 8.02. The molecule has 1 atom stereocenters. The molecular formula is C12H14ClN3O. The highest BCUT2D eigenvalue weighted by Crippen LogP contribution is 2.19. The van der Waals surface area contributed by atoms with Gasteiger partial charge in [0.1, 0.15) is 0 Å². The van der Waals surface area contributed by atoms with E-state index in [1.807, 2.05) is 19.1 Å². The molecule has 17 heavy (non-hydrogen) atoms. The standard InChI is InChI=1S/C12H14ClN3O/c1-8(6-14)7-15-12(17)16-10-4-3-9(2)11(13)5-10/h3-5,8H,7H2,1-2H3,(H2,15,16,17). The minimum atomic E-state index is -0.341. The predicted molar refractivity (Wildman–Crippen MR) is 68.0 cm³/mol. The summed E-state index contributed by atoms with van der Waals surface area (Å²) in [6, 6.07) is 6.98. The molecule has 0 aliphatic carbocycles. The zero-order chi connectivity index (χ0) is 12.8. The number of aryl methyl sites for hydroxylation is 1. The van der Waals surface area contributed by atoms with Crippen LogP contribution in [0.25, 0.3) is 0 Å². The molecule has 1 aromatic carbocycles. The molecule has 2 N–H and O–H groups in total. The summed E-state index contributed by atoms with van der Waals surface area (Å²) in [4.78, 5) is 11.5. The highest BCUT2D eigenvalue weighted by atomic mass is 35.5. The van der Waals surface area contributed by atoms with Gasteiger partial charge in [-0.2, -0.15) is 5.26 Å². The number of halogens is 1. The first kappa shape index (κ1) is 13.3. The van der Waals surface area contributed by atoms with Gasteiger partial charge in [-0.3, -0.25) is 0 Å². The molecule has 0 heterocycles. The van der Waals surface area contributed by atoms with Crippen LogP contribution in [0.1, 0.15) is 12.5 Å². The Hall–Kier alpha value is -1.73. The summed E-state index contributed by atoms with van der Waals surface area (Å²) in [5.41, 5.74) is 1.58. The smallest absolute Gasteiger partial charge is 0.319 e. The van der Waals surface area contributed by atoms with Crippen molar-refractivity contribution < 1.29 is 4.79 Å². The van der Waals surface area contributed by atoms with Gasteiger partial charge in [0.05, 0.1) is 12.0 Å². The molecule has 4 nitrogen and oxygen atoms in total. The van der Waals surface area contributed by atoms with Crippen molar-refractivity contribution in [1.82, 2.24) is 5.32 Å². The topological polar surface area (TPSA) is 64.9 Å². The van der Waals surface area contributed by atoms with E-state index in [-0.39, 0.29) is 11.9 Å². The lowest BCUT2D eigenvalue weighted by molar-refractivity contribution is 0.251. The molecule has 0 saturated carbocycles. The molecule has 0 aromatic heterocycles. The van der Waals surface area contributed by atoms with Gasteiger partial charge >= 0.3 is 6.03 Å². The molecule has 0 bridgehead atoms. The van der Waals surface area contributed by atoms with Crippen molar-refractivity contribution in [2.24, 2.45) is 5.92 Å². The van der Waals surface area contributed by atoms with Crippen LogP contribution in [-0.4, -0.2) is 12.6 Å². The average molecular weight is 252 g/mol. The van der Waals surface area contributed by atoms with E-state index in [0.717, 1.165) is 5.56 Å². The summed E-state index contributed by atoms with van der Waals surface area (Å²) >= 11 is 5.93. The molecule has 0 saturated heterocycles. The number of nitrogens with one attached hydrogen (secondary N) is 2. The van der Waals surface area contributed by atoms with Crippen molar-refractivity contribution in [3.63, 3.8) is 0 Å². The van der Waals surface area contributed by atoms with Gasteiger partial charge in [-0.15, -0.1) is 0 Å². The van der Waals surface area contributed by atoms with Gasteiger partial charge in [0.2, 0.25) is 0 Å². The molecular weight excluding hydrogens is 238 g/mol. The molecule has 2 amide bonds. The van der Waals surface area contributed by atoms with E-state index in [1.54, 1.807) is 19.1 Å². The van der Waals surface area contributed by atoms with Gasteiger partial charge < -0.3 is 10.6 Å². The second-order valence-corrected chi connectivity index (χ2v) is 4.24. The molecule has 5 heteroatoms. The Kier molecular flexibility index (Phi) is 4.80. The highest BCUT2D eigenvalue weighted by Gasteiger charge is 2.05. The van der Waals surface area contributed by atoms with Gasteiger partial charge in [-0.25, -0.2) is 4.79 Å². The SMILES string of the molecule is Cc1ccc(NC(=O)NCC(C)C#N)cc1Cl. The van der Waals surface area contributed by atoms with Crippen LogP contribution in [0.4, 0.5) is 10.5 Å². The van der Waals surface area contributed by atoms with E-state index in [1.165, 1.54) is 0 Å². The van der Waals surface area contributed by atoms with Crippen LogP contribution in [0, 0.1) is 24.2 Å². The van der Waals surface area contributed by atoms with Gasteiger partial charge in [-0.1, -0.05) is 17.7 Å². The number of hydrogen-bond donors (Lipinski definition) is 2. The van der Waals surface area contributed by atoms with E-state index >= 15 is 0 Å². The molecule has 90 valence electrons. The lowest BCUT2D eigenvalue weighted by Crippen LogP contribution is -2.31. The molecule has 0 fully saturated rings. The predicted octanol–water partition coefficient (Wildman–Crippen LogP) is 2.93. The molecule has 1 aromatic rings. The van der Waals surface area contributed by atoms with Crippen LogP contribution in [-0.2, 0) is 0 Å². The van der Waals surface area contributed by atoms with Crippen molar-refractivity contribution in [3.05, 3.63) is 28.8 Å². The molecule has 0 aliphatic heterocycles. The highest BCUT2D eigenvalue weighted by molar-refractivity contribution is 6.31. The maximum atomic E-state index is 11.5. The van der Waals surface area contributed by atoms with E-state index in [4.69, 9.17) is 16.9 Å². The first-order valence-electron chi connectivity index (χ1n) is 5.23. The average Bonchev–Trinajstić information content (AvgIpc) is 2.31. The van der Waals surface area contributed by atoms with Crippen molar-refractivity contribution >= 4 is 23.3 Å². The number of benzene rings is 1. The Labute approximate surface area is 106 Å². The molecule has 1 rings (SSSR count). The Morgan fingerprint density at radius 2 is 2.29 bits per heavy atom. The second kappa shape index (κ2) is 6.12. The Balaban J connectivity index is 2.51. The second-order valence-electron chi connectivity index (χ2n) is 3.83. The lowest BCUT2D eigenvalue weighted by Gasteiger charge is -2.09. The third-order valence-corrected chi connectivity index (χ3v) is 2.63. The van der Waals surface area contributed by atoms with E-state index in [0.29, 0.717) is 17.3 Å². The quantitative estimate of drug-likeness (QED) is 0.868. The fourth-order valence-corrected chi connectivity index (χ4v) is 1.32. The third-order valence-electron chi connectivity index (χ3n) is 2.22. The molecule has 0 radical (unpaired) electrons. The van der Waals surface area contributed by atoms with Crippen molar-refractivity contribution in [2.45, 2.75) is 13.8 Å². The Morgan fingerprint density at radius 1 is 1.59 bits per heavy atom. The number of carbonyl (C=O) groups excluding carboxylic acids is 1. The van der Waals surface area contributed by atoms with E-state index in [9.17, 15) is 4.79 Å². The lowest BCUT2D eigenvalue weighted by atomic mass is 10.2. The monoisotopic (exact) mass is 251 g/mol. The summed E-state index contributed by atoms with van der Waals surface area (Å²) < 4.78 is 0. The van der Waals surface area contributed by atoms with Crippen LogP contribution < -0.4 is 10.6 Å². The molecule has 0 aliphatic rings. The van der Waals surface area contributed by atoms with Gasteiger partial charge in [0.25, 0.3) is 0 Å². The molecule has 0 spiro atoms. The zero-order valence-corrected chi connectivity index (χ0v) is 10.5. The number of carbonyl (C=O) groups is 1. The van der Waals surface area contributed by atoms with Gasteiger partial charge in [0.15, 0.2) is 0 Å². The van der Waals surface area contributed by atoms with Crippen molar-refractivity contribution in [3.8, 4) is 6.07 Å². The number of rotatable bonds is 3. The summed E-state index contributed by atoms with van der Waals surface area (Å²) in [6.45, 7) is 3.95. The number of hydrogen-bond acceptors (Lipinski definition) is 2. The third kappa shape index (κ3) is 4.33. The van der Waals surface area contributed by atoms with Crippen molar-refractivity contribution in [2.75, 3.05) is 11.9 Å². The fraction of sp³-hybridized carbons (Fsp3) is 0.333. The number of nitriles is 1. The fourth-order valence-electron chi connectivity index (χ4n) is 1.14. The summed E-state index contributed by atoms with van der Waals surface area (Å²) in [5.74, 6) is -0.206. The van der Waals surface area contributed by atoms with E-state index < -0.39 is 0 Å². The summed E-state index contributed by atoms with van der Waals surface area (Å²) in [5, 5.41) is 14.4. The Morgan fingerprint density at radius 3 is 2.88 bits per heavy atom. The first-order valence-corrected chi connectivity index (χ1v) is 5.61. The normalized spacial score (nSPS) is 11.4. The molecule has 1 unspecified atom stereocenters. The maximum absolute atomic E-state index is 11.5. The maximum Gasteiger partial charge on any atom is 0.319 e. The van der Waals surface area contributed by atoms with Crippen LogP contribution in [0.15, 0.2) is 18.2 Å². The largest absolute Gasteiger partial charge is 0.337 e. The number of nitrogens with zero attached hydrogens (tertiary/aromatic N) is 1. The minimum absolute atomic E-state index is 0.206. The Bertz CT molecular complexity index is 454. The van der Waals surface area contributed by atoms with Crippen LogP contribution >= 0.6 is 11.6 Å². The number of urea groups is 1. The minimum Gasteiger partial charge on any atom is -0.337 e. The van der Waals surface area contributed by atoms with Crippen molar-refractivity contribution in [1.29, 1.82) is 5.26 Å². The van der Waals surface area contributed by atoms with Crippen LogP contribution in [0.5, 0.6) is 0 Å². The van der Waals surface area contributed by atoms with Crippen LogP contribution in [0.2, 0.25) is 5.02 Å². The zero-order valence-electron chi connectivity index (χ0n) is 9.75. The van der Waals surface area contributed by atoms with Crippen LogP contribution in [0.3, 0.4) is 0 Å². The number of amides is 2. The summed E-state index contributed by atoms with van der Waals surface area (Å²) in [7, 11) is 0. The van der Waals surface area contributed by atoms with E-state index in [2.05, 4.69) is 10.6 Å². The number of anilines is 1. The summed E-state index contributed by atoms with van der Waals surface area (Å²) in [6.07, 6.45) is 0.